The Morgan fingerprint density at radius 2 is 1.69 bits per heavy atom. The van der Waals surface area contributed by atoms with Crippen LogP contribution in [0.25, 0.3) is 17.2 Å². The van der Waals surface area contributed by atoms with Crippen LogP contribution in [0.1, 0.15) is 22.6 Å². The predicted molar refractivity (Wildman–Crippen MR) is 115 cm³/mol. The first-order valence-corrected chi connectivity index (χ1v) is 9.75. The lowest BCUT2D eigenvalue weighted by molar-refractivity contribution is 0.144. The van der Waals surface area contributed by atoms with Crippen LogP contribution in [-0.4, -0.2) is 24.4 Å². The summed E-state index contributed by atoms with van der Waals surface area (Å²) in [5.74, 6) is 0.0686. The van der Waals surface area contributed by atoms with E-state index in [1.165, 1.54) is 22.3 Å². The van der Waals surface area contributed by atoms with Gasteiger partial charge in [0.05, 0.1) is 5.02 Å². The quantitative estimate of drug-likeness (QED) is 0.581. The highest BCUT2D eigenvalue weighted by Crippen LogP contribution is 2.44. The number of hydrogen-bond donors (Lipinski definition) is 2. The fraction of sp³-hybridized carbons (Fsp3) is 0.125. The van der Waals surface area contributed by atoms with Crippen molar-refractivity contribution >= 4 is 23.8 Å². The van der Waals surface area contributed by atoms with Crippen molar-refractivity contribution in [1.29, 1.82) is 0 Å². The summed E-state index contributed by atoms with van der Waals surface area (Å²) in [4.78, 5) is 12.1. The molecule has 0 unspecified atom stereocenters. The van der Waals surface area contributed by atoms with E-state index in [1.807, 2.05) is 24.3 Å². The maximum absolute atomic E-state index is 12.1. The van der Waals surface area contributed by atoms with Gasteiger partial charge in [0.1, 0.15) is 12.4 Å². The molecule has 0 saturated heterocycles. The zero-order chi connectivity index (χ0) is 20.2. The smallest absolute Gasteiger partial charge is 0.407 e. The van der Waals surface area contributed by atoms with Gasteiger partial charge in [-0.05, 0) is 39.9 Å². The number of fused-ring (bicyclic) bond motifs is 3. The first-order chi connectivity index (χ1) is 14.1. The van der Waals surface area contributed by atoms with Crippen LogP contribution >= 0.6 is 11.6 Å². The molecule has 5 heteroatoms. The summed E-state index contributed by atoms with van der Waals surface area (Å²) in [5, 5.41) is 12.6. The summed E-state index contributed by atoms with van der Waals surface area (Å²) >= 11 is 5.79. The van der Waals surface area contributed by atoms with Crippen molar-refractivity contribution in [2.75, 3.05) is 13.2 Å². The SMILES string of the molecule is O=C(NCC=Cc1ccc(Cl)c(O)c1)OCC1c2ccccc2-c2ccccc21. The van der Waals surface area contributed by atoms with E-state index in [0.717, 1.165) is 5.56 Å². The Hall–Kier alpha value is -3.24. The fourth-order valence-corrected chi connectivity index (χ4v) is 3.74. The molecule has 0 atom stereocenters. The van der Waals surface area contributed by atoms with Crippen LogP contribution in [0.15, 0.2) is 72.8 Å². The molecule has 1 amide bonds. The number of hydrogen-bond acceptors (Lipinski definition) is 3. The lowest BCUT2D eigenvalue weighted by Crippen LogP contribution is -2.26. The third kappa shape index (κ3) is 4.13. The van der Waals surface area contributed by atoms with E-state index in [4.69, 9.17) is 16.3 Å². The second kappa shape index (κ2) is 8.41. The first kappa shape index (κ1) is 19.1. The molecule has 0 saturated carbocycles. The minimum atomic E-state index is -0.463. The second-order valence-corrected chi connectivity index (χ2v) is 7.23. The molecular weight excluding hydrogens is 386 g/mol. The van der Waals surface area contributed by atoms with Crippen molar-refractivity contribution in [1.82, 2.24) is 5.32 Å². The average Bonchev–Trinajstić information content (AvgIpc) is 3.06. The van der Waals surface area contributed by atoms with Gasteiger partial charge >= 0.3 is 6.09 Å². The topological polar surface area (TPSA) is 58.6 Å². The summed E-state index contributed by atoms with van der Waals surface area (Å²) in [6.45, 7) is 0.606. The van der Waals surface area contributed by atoms with Crippen molar-refractivity contribution in [3.8, 4) is 16.9 Å². The number of ether oxygens (including phenoxy) is 1. The Labute approximate surface area is 174 Å². The first-order valence-electron chi connectivity index (χ1n) is 9.37. The van der Waals surface area contributed by atoms with Crippen molar-refractivity contribution < 1.29 is 14.6 Å². The van der Waals surface area contributed by atoms with Crippen LogP contribution in [0.4, 0.5) is 4.79 Å². The summed E-state index contributed by atoms with van der Waals surface area (Å²) in [6.07, 6.45) is 3.11. The van der Waals surface area contributed by atoms with Gasteiger partial charge in [-0.15, -0.1) is 0 Å². The minimum Gasteiger partial charge on any atom is -0.506 e. The van der Waals surface area contributed by atoms with Crippen molar-refractivity contribution in [3.05, 3.63) is 94.5 Å². The molecule has 4 rings (SSSR count). The Bertz CT molecular complexity index is 1030. The number of phenolic OH excluding ortho intramolecular Hbond substituents is 1. The van der Waals surface area contributed by atoms with Crippen molar-refractivity contribution in [3.63, 3.8) is 0 Å². The largest absolute Gasteiger partial charge is 0.506 e. The van der Waals surface area contributed by atoms with E-state index in [1.54, 1.807) is 30.4 Å². The van der Waals surface area contributed by atoms with E-state index in [2.05, 4.69) is 29.6 Å². The van der Waals surface area contributed by atoms with Crippen LogP contribution in [0.2, 0.25) is 5.02 Å². The Kier molecular flexibility index (Phi) is 5.54. The predicted octanol–water partition coefficient (Wildman–Crippen LogP) is 5.60. The van der Waals surface area contributed by atoms with Gasteiger partial charge in [0.15, 0.2) is 0 Å². The van der Waals surface area contributed by atoms with Crippen molar-refractivity contribution in [2.45, 2.75) is 5.92 Å². The number of phenols is 1. The fourth-order valence-electron chi connectivity index (χ4n) is 3.62. The maximum atomic E-state index is 12.1. The van der Waals surface area contributed by atoms with E-state index in [0.29, 0.717) is 11.6 Å². The highest BCUT2D eigenvalue weighted by Gasteiger charge is 2.28. The normalized spacial score (nSPS) is 12.6. The molecule has 0 fully saturated rings. The molecule has 29 heavy (non-hydrogen) atoms. The third-order valence-corrected chi connectivity index (χ3v) is 5.31. The van der Waals surface area contributed by atoms with Gasteiger partial charge < -0.3 is 15.2 Å². The van der Waals surface area contributed by atoms with E-state index in [9.17, 15) is 9.90 Å². The summed E-state index contributed by atoms with van der Waals surface area (Å²) in [7, 11) is 0. The molecule has 146 valence electrons. The number of alkyl carbamates (subject to hydrolysis) is 1. The lowest BCUT2D eigenvalue weighted by Gasteiger charge is -2.14. The van der Waals surface area contributed by atoms with Gasteiger partial charge in [-0.1, -0.05) is 78.4 Å². The molecule has 1 aliphatic carbocycles. The Morgan fingerprint density at radius 1 is 1.03 bits per heavy atom. The summed E-state index contributed by atoms with van der Waals surface area (Å²) in [6, 6.07) is 21.4. The molecule has 4 nitrogen and oxygen atoms in total. The van der Waals surface area contributed by atoms with E-state index in [-0.39, 0.29) is 18.3 Å². The Balaban J connectivity index is 1.33. The van der Waals surface area contributed by atoms with Crippen LogP contribution in [0.5, 0.6) is 5.75 Å². The monoisotopic (exact) mass is 405 g/mol. The molecule has 0 radical (unpaired) electrons. The number of nitrogens with one attached hydrogen (secondary N) is 1. The third-order valence-electron chi connectivity index (χ3n) is 4.99. The number of carbonyl (C=O) groups is 1. The van der Waals surface area contributed by atoms with E-state index < -0.39 is 6.09 Å². The molecule has 2 N–H and O–H groups in total. The summed E-state index contributed by atoms with van der Waals surface area (Å²) < 4.78 is 5.49. The van der Waals surface area contributed by atoms with Crippen LogP contribution in [0, 0.1) is 0 Å². The van der Waals surface area contributed by atoms with Crippen LogP contribution in [0.3, 0.4) is 0 Å². The summed E-state index contributed by atoms with van der Waals surface area (Å²) in [5.41, 5.74) is 5.56. The van der Waals surface area contributed by atoms with Gasteiger partial charge in [0.25, 0.3) is 0 Å². The zero-order valence-electron chi connectivity index (χ0n) is 15.6. The van der Waals surface area contributed by atoms with E-state index >= 15 is 0 Å². The number of benzene rings is 3. The van der Waals surface area contributed by atoms with Crippen LogP contribution in [-0.2, 0) is 4.74 Å². The standard InChI is InChI=1S/C24H20ClNO3/c25-22-12-11-16(14-23(22)27)6-5-13-26-24(28)29-15-21-19-9-3-1-7-17(19)18-8-2-4-10-20(18)21/h1-12,14,21,27H,13,15H2,(H,26,28). The van der Waals surface area contributed by atoms with Gasteiger partial charge in [-0.25, -0.2) is 4.79 Å². The molecule has 0 bridgehead atoms. The van der Waals surface area contributed by atoms with Crippen LogP contribution < -0.4 is 5.32 Å². The number of amides is 1. The minimum absolute atomic E-state index is 0.0262. The van der Waals surface area contributed by atoms with Gasteiger partial charge in [-0.3, -0.25) is 0 Å². The van der Waals surface area contributed by atoms with Gasteiger partial charge in [-0.2, -0.15) is 0 Å². The zero-order valence-corrected chi connectivity index (χ0v) is 16.4. The molecule has 3 aromatic carbocycles. The number of halogens is 1. The molecule has 1 aliphatic rings. The van der Waals surface area contributed by atoms with Crippen molar-refractivity contribution in [2.24, 2.45) is 0 Å². The molecule has 0 aromatic heterocycles. The number of rotatable bonds is 5. The number of carbonyl (C=O) groups excluding carboxylic acids is 1. The molecule has 0 spiro atoms. The highest BCUT2D eigenvalue weighted by molar-refractivity contribution is 6.32. The molecule has 0 aliphatic heterocycles. The van der Waals surface area contributed by atoms with Gasteiger partial charge in [0.2, 0.25) is 0 Å². The Morgan fingerprint density at radius 3 is 2.34 bits per heavy atom. The highest BCUT2D eigenvalue weighted by atomic mass is 35.5. The molecule has 0 heterocycles. The average molecular weight is 406 g/mol. The number of aromatic hydroxyl groups is 1. The maximum Gasteiger partial charge on any atom is 0.407 e. The second-order valence-electron chi connectivity index (χ2n) is 6.82. The lowest BCUT2D eigenvalue weighted by atomic mass is 9.98. The molecule has 3 aromatic rings. The molecular formula is C24H20ClNO3. The van der Waals surface area contributed by atoms with Gasteiger partial charge in [0, 0.05) is 12.5 Å².